The molecule has 2 rings (SSSR count). The molecule has 2 atom stereocenters. The van der Waals surface area contributed by atoms with Gasteiger partial charge in [-0.25, -0.2) is 0 Å². The number of aryl methyl sites for hydroxylation is 1. The Bertz CT molecular complexity index is 482. The van der Waals surface area contributed by atoms with Gasteiger partial charge in [0, 0.05) is 13.1 Å². The summed E-state index contributed by atoms with van der Waals surface area (Å²) < 4.78 is 5.62. The molecule has 4 heteroatoms. The van der Waals surface area contributed by atoms with Gasteiger partial charge in [-0.05, 0) is 30.4 Å². The van der Waals surface area contributed by atoms with E-state index in [-0.39, 0.29) is 18.1 Å². The lowest BCUT2D eigenvalue weighted by Crippen LogP contribution is -2.42. The molecular formula is C18H28N2O2. The van der Waals surface area contributed by atoms with E-state index in [1.54, 1.807) is 0 Å². The lowest BCUT2D eigenvalue weighted by Gasteiger charge is -2.26. The van der Waals surface area contributed by atoms with Crippen molar-refractivity contribution in [2.24, 2.45) is 5.92 Å². The van der Waals surface area contributed by atoms with Crippen LogP contribution >= 0.6 is 0 Å². The first-order chi connectivity index (χ1) is 10.6. The Morgan fingerprint density at radius 2 is 2.18 bits per heavy atom. The summed E-state index contributed by atoms with van der Waals surface area (Å²) in [7, 11) is 0. The van der Waals surface area contributed by atoms with Crippen molar-refractivity contribution in [3.8, 4) is 0 Å². The van der Waals surface area contributed by atoms with Crippen LogP contribution in [0.15, 0.2) is 24.3 Å². The first-order valence-corrected chi connectivity index (χ1v) is 8.23. The molecule has 0 aliphatic carbocycles. The quantitative estimate of drug-likeness (QED) is 0.849. The predicted octanol–water partition coefficient (Wildman–Crippen LogP) is 2.58. The Hall–Kier alpha value is -1.39. The van der Waals surface area contributed by atoms with Gasteiger partial charge in [0.15, 0.2) is 0 Å². The molecule has 0 aromatic heterocycles. The molecule has 1 aromatic carbocycles. The van der Waals surface area contributed by atoms with Crippen molar-refractivity contribution in [1.29, 1.82) is 0 Å². The van der Waals surface area contributed by atoms with Gasteiger partial charge in [0.1, 0.15) is 0 Å². The second kappa shape index (κ2) is 8.30. The maximum Gasteiger partial charge on any atom is 0.223 e. The summed E-state index contributed by atoms with van der Waals surface area (Å²) in [6.07, 6.45) is 1.36. The highest BCUT2D eigenvalue weighted by Crippen LogP contribution is 2.24. The maximum absolute atomic E-state index is 12.4. The summed E-state index contributed by atoms with van der Waals surface area (Å²) >= 11 is 0. The minimum atomic E-state index is -0.00896. The number of nitrogens with one attached hydrogen (secondary N) is 2. The third-order valence-electron chi connectivity index (χ3n) is 4.02. The van der Waals surface area contributed by atoms with Crippen molar-refractivity contribution in [1.82, 2.24) is 10.6 Å². The Labute approximate surface area is 133 Å². The second-order valence-corrected chi connectivity index (χ2v) is 6.51. The normalized spacial score (nSPS) is 19.9. The smallest absolute Gasteiger partial charge is 0.223 e. The van der Waals surface area contributed by atoms with Crippen molar-refractivity contribution < 1.29 is 9.53 Å². The predicted molar refractivity (Wildman–Crippen MR) is 88.7 cm³/mol. The molecular weight excluding hydrogens is 276 g/mol. The molecule has 22 heavy (non-hydrogen) atoms. The van der Waals surface area contributed by atoms with Crippen LogP contribution in [0.1, 0.15) is 43.9 Å². The van der Waals surface area contributed by atoms with Crippen LogP contribution in [0.4, 0.5) is 0 Å². The van der Waals surface area contributed by atoms with E-state index in [4.69, 9.17) is 4.74 Å². The van der Waals surface area contributed by atoms with Crippen molar-refractivity contribution in [2.45, 2.75) is 45.8 Å². The SMILES string of the molecule is Cc1ccccc1[C@H](CC(C)C)NC(=O)C[C@H]1CNCCO1. The van der Waals surface area contributed by atoms with Crippen molar-refractivity contribution in [3.63, 3.8) is 0 Å². The Morgan fingerprint density at radius 3 is 2.82 bits per heavy atom. The van der Waals surface area contributed by atoms with Crippen LogP contribution < -0.4 is 10.6 Å². The molecule has 2 N–H and O–H groups in total. The molecule has 1 aromatic rings. The first-order valence-electron chi connectivity index (χ1n) is 8.23. The number of hydrogen-bond acceptors (Lipinski definition) is 3. The standard InChI is InChI=1S/C18H28N2O2/c1-13(2)10-17(16-7-5-4-6-14(16)3)20-18(21)11-15-12-19-8-9-22-15/h4-7,13,15,17,19H,8-12H2,1-3H3,(H,20,21)/t15-,17-/m0/s1. The Morgan fingerprint density at radius 1 is 1.41 bits per heavy atom. The lowest BCUT2D eigenvalue weighted by atomic mass is 9.93. The number of morpholine rings is 1. The molecule has 4 nitrogen and oxygen atoms in total. The molecule has 1 aliphatic heterocycles. The molecule has 122 valence electrons. The molecule has 1 fully saturated rings. The summed E-state index contributed by atoms with van der Waals surface area (Å²) in [6, 6.07) is 8.36. The molecule has 1 heterocycles. The molecule has 1 amide bonds. The van der Waals surface area contributed by atoms with E-state index in [1.807, 2.05) is 12.1 Å². The van der Waals surface area contributed by atoms with Crippen molar-refractivity contribution in [2.75, 3.05) is 19.7 Å². The van der Waals surface area contributed by atoms with Crippen LogP contribution in [-0.4, -0.2) is 31.7 Å². The van der Waals surface area contributed by atoms with Crippen LogP contribution in [0, 0.1) is 12.8 Å². The van der Waals surface area contributed by atoms with Gasteiger partial charge in [-0.2, -0.15) is 0 Å². The van der Waals surface area contributed by atoms with E-state index < -0.39 is 0 Å². The van der Waals surface area contributed by atoms with E-state index in [1.165, 1.54) is 11.1 Å². The van der Waals surface area contributed by atoms with Gasteiger partial charge in [0.2, 0.25) is 5.91 Å². The molecule has 0 bridgehead atoms. The van der Waals surface area contributed by atoms with Crippen molar-refractivity contribution >= 4 is 5.91 Å². The van der Waals surface area contributed by atoms with Gasteiger partial charge in [-0.15, -0.1) is 0 Å². The minimum Gasteiger partial charge on any atom is -0.375 e. The Balaban J connectivity index is 2.00. The van der Waals surface area contributed by atoms with Gasteiger partial charge in [-0.1, -0.05) is 38.1 Å². The number of ether oxygens (including phenoxy) is 1. The van der Waals surface area contributed by atoms with Gasteiger partial charge >= 0.3 is 0 Å². The third-order valence-corrected chi connectivity index (χ3v) is 4.02. The molecule has 0 radical (unpaired) electrons. The number of benzene rings is 1. The molecule has 1 aliphatic rings. The van der Waals surface area contributed by atoms with E-state index >= 15 is 0 Å². The van der Waals surface area contributed by atoms with Crippen LogP contribution in [-0.2, 0) is 9.53 Å². The van der Waals surface area contributed by atoms with E-state index in [2.05, 4.69) is 43.5 Å². The molecule has 1 saturated heterocycles. The molecule has 0 unspecified atom stereocenters. The summed E-state index contributed by atoms with van der Waals surface area (Å²) in [5, 5.41) is 6.47. The number of carbonyl (C=O) groups excluding carboxylic acids is 1. The minimum absolute atomic E-state index is 0.00896. The number of hydrogen-bond donors (Lipinski definition) is 2. The average Bonchev–Trinajstić information content (AvgIpc) is 2.47. The number of rotatable bonds is 6. The highest BCUT2D eigenvalue weighted by molar-refractivity contribution is 5.77. The van der Waals surface area contributed by atoms with Crippen LogP contribution in [0.5, 0.6) is 0 Å². The zero-order valence-electron chi connectivity index (χ0n) is 13.9. The zero-order chi connectivity index (χ0) is 15.9. The largest absolute Gasteiger partial charge is 0.375 e. The average molecular weight is 304 g/mol. The highest BCUT2D eigenvalue weighted by Gasteiger charge is 2.21. The first kappa shape index (κ1) is 17.0. The monoisotopic (exact) mass is 304 g/mol. The van der Waals surface area contributed by atoms with Crippen LogP contribution in [0.2, 0.25) is 0 Å². The second-order valence-electron chi connectivity index (χ2n) is 6.51. The fraction of sp³-hybridized carbons (Fsp3) is 0.611. The van der Waals surface area contributed by atoms with E-state index in [9.17, 15) is 4.79 Å². The third kappa shape index (κ3) is 5.11. The van der Waals surface area contributed by atoms with Crippen molar-refractivity contribution in [3.05, 3.63) is 35.4 Å². The van der Waals surface area contributed by atoms with E-state index in [0.717, 1.165) is 19.5 Å². The fourth-order valence-corrected chi connectivity index (χ4v) is 2.92. The summed E-state index contributed by atoms with van der Waals surface area (Å²) in [6.45, 7) is 8.79. The fourth-order valence-electron chi connectivity index (χ4n) is 2.92. The Kier molecular flexibility index (Phi) is 6.40. The number of carbonyl (C=O) groups is 1. The molecule has 0 saturated carbocycles. The van der Waals surface area contributed by atoms with Gasteiger partial charge < -0.3 is 15.4 Å². The van der Waals surface area contributed by atoms with Gasteiger partial charge in [-0.3, -0.25) is 4.79 Å². The summed E-state index contributed by atoms with van der Waals surface area (Å²) in [5.41, 5.74) is 2.44. The molecule has 0 spiro atoms. The van der Waals surface area contributed by atoms with E-state index in [0.29, 0.717) is 18.9 Å². The van der Waals surface area contributed by atoms with Crippen LogP contribution in [0.25, 0.3) is 0 Å². The lowest BCUT2D eigenvalue weighted by molar-refractivity contribution is -0.125. The zero-order valence-corrected chi connectivity index (χ0v) is 13.9. The topological polar surface area (TPSA) is 50.4 Å². The van der Waals surface area contributed by atoms with Crippen LogP contribution in [0.3, 0.4) is 0 Å². The summed E-state index contributed by atoms with van der Waals surface area (Å²) in [5.74, 6) is 0.597. The maximum atomic E-state index is 12.4. The van der Waals surface area contributed by atoms with Gasteiger partial charge in [0.25, 0.3) is 0 Å². The number of amides is 1. The summed E-state index contributed by atoms with van der Waals surface area (Å²) in [4.78, 5) is 12.4. The van der Waals surface area contributed by atoms with Gasteiger partial charge in [0.05, 0.1) is 25.2 Å². The highest BCUT2D eigenvalue weighted by atomic mass is 16.5.